The number of ketones is 1. The summed E-state index contributed by atoms with van der Waals surface area (Å²) in [5.41, 5.74) is -0.175. The van der Waals surface area contributed by atoms with Crippen LogP contribution in [0.4, 0.5) is 0 Å². The fourth-order valence-electron chi connectivity index (χ4n) is 1.30. The van der Waals surface area contributed by atoms with Gasteiger partial charge in [0.2, 0.25) is 0 Å². The molecule has 0 aliphatic rings. The predicted octanol–water partition coefficient (Wildman–Crippen LogP) is 2.93. The smallest absolute Gasteiger partial charge is 0.138 e. The number of carbonyl (C=O) groups is 1. The molecule has 0 bridgehead atoms. The van der Waals surface area contributed by atoms with Crippen molar-refractivity contribution >= 4 is 5.78 Å². The first-order valence-corrected chi connectivity index (χ1v) is 5.62. The molecule has 0 aliphatic heterocycles. The van der Waals surface area contributed by atoms with Crippen LogP contribution in [0.15, 0.2) is 0 Å². The highest BCUT2D eigenvalue weighted by Gasteiger charge is 2.19. The lowest BCUT2D eigenvalue weighted by atomic mass is 9.88. The molecule has 2 nitrogen and oxygen atoms in total. The van der Waals surface area contributed by atoms with Gasteiger partial charge in [0, 0.05) is 18.4 Å². The van der Waals surface area contributed by atoms with E-state index in [0.29, 0.717) is 18.8 Å². The van der Waals surface area contributed by atoms with Gasteiger partial charge < -0.3 is 5.11 Å². The summed E-state index contributed by atoms with van der Waals surface area (Å²) in [7, 11) is 0. The zero-order valence-corrected chi connectivity index (χ0v) is 9.81. The Hall–Kier alpha value is -0.370. The Morgan fingerprint density at radius 2 is 1.50 bits per heavy atom. The van der Waals surface area contributed by atoms with E-state index in [1.807, 2.05) is 20.8 Å². The Kier molecular flexibility index (Phi) is 6.81. The Labute approximate surface area is 87.7 Å². The average molecular weight is 200 g/mol. The van der Waals surface area contributed by atoms with E-state index in [0.717, 1.165) is 32.1 Å². The molecule has 0 atom stereocenters. The zero-order chi connectivity index (χ0) is 11.0. The van der Waals surface area contributed by atoms with Gasteiger partial charge in [0.25, 0.3) is 0 Å². The van der Waals surface area contributed by atoms with Gasteiger partial charge in [-0.2, -0.15) is 0 Å². The molecule has 0 rings (SSSR count). The molecule has 84 valence electrons. The van der Waals surface area contributed by atoms with Crippen LogP contribution < -0.4 is 0 Å². The standard InChI is InChI=1S/C12H24O2/c1-12(2,3)11(14)9-7-5-4-6-8-10-13/h13H,4-10H2,1-3H3. The molecule has 0 fully saturated rings. The van der Waals surface area contributed by atoms with Crippen molar-refractivity contribution < 1.29 is 9.90 Å². The van der Waals surface area contributed by atoms with Gasteiger partial charge in [0.1, 0.15) is 5.78 Å². The molecule has 0 aromatic carbocycles. The number of aliphatic hydroxyl groups is 1. The Morgan fingerprint density at radius 1 is 1.00 bits per heavy atom. The second-order valence-electron chi connectivity index (χ2n) is 4.91. The highest BCUT2D eigenvalue weighted by atomic mass is 16.2. The van der Waals surface area contributed by atoms with E-state index >= 15 is 0 Å². The zero-order valence-electron chi connectivity index (χ0n) is 9.81. The maximum Gasteiger partial charge on any atom is 0.138 e. The van der Waals surface area contributed by atoms with Crippen molar-refractivity contribution in [1.29, 1.82) is 0 Å². The molecular formula is C12H24O2. The molecule has 0 spiro atoms. The quantitative estimate of drug-likeness (QED) is 0.641. The molecule has 0 aliphatic carbocycles. The highest BCUT2D eigenvalue weighted by molar-refractivity contribution is 5.83. The second-order valence-corrected chi connectivity index (χ2v) is 4.91. The lowest BCUT2D eigenvalue weighted by Crippen LogP contribution is -2.19. The third kappa shape index (κ3) is 7.07. The molecule has 0 radical (unpaired) electrons. The third-order valence-corrected chi connectivity index (χ3v) is 2.40. The van der Waals surface area contributed by atoms with Gasteiger partial charge in [0.15, 0.2) is 0 Å². The van der Waals surface area contributed by atoms with Crippen molar-refractivity contribution in [3.63, 3.8) is 0 Å². The van der Waals surface area contributed by atoms with E-state index < -0.39 is 0 Å². The van der Waals surface area contributed by atoms with Crippen molar-refractivity contribution in [1.82, 2.24) is 0 Å². The minimum Gasteiger partial charge on any atom is -0.396 e. The van der Waals surface area contributed by atoms with Gasteiger partial charge in [-0.05, 0) is 12.8 Å². The molecule has 2 heteroatoms. The molecular weight excluding hydrogens is 176 g/mol. The first-order valence-electron chi connectivity index (χ1n) is 5.62. The van der Waals surface area contributed by atoms with E-state index in [1.54, 1.807) is 0 Å². The summed E-state index contributed by atoms with van der Waals surface area (Å²) in [4.78, 5) is 11.5. The first-order chi connectivity index (χ1) is 6.48. The number of carbonyl (C=O) groups excluding carboxylic acids is 1. The minimum atomic E-state index is -0.175. The van der Waals surface area contributed by atoms with Gasteiger partial charge in [-0.25, -0.2) is 0 Å². The average Bonchev–Trinajstić information content (AvgIpc) is 2.09. The van der Waals surface area contributed by atoms with Crippen molar-refractivity contribution in [2.24, 2.45) is 5.41 Å². The van der Waals surface area contributed by atoms with Gasteiger partial charge in [-0.1, -0.05) is 40.0 Å². The predicted molar refractivity (Wildman–Crippen MR) is 59.2 cm³/mol. The lowest BCUT2D eigenvalue weighted by molar-refractivity contribution is -0.126. The highest BCUT2D eigenvalue weighted by Crippen LogP contribution is 2.18. The monoisotopic (exact) mass is 200 g/mol. The number of unbranched alkanes of at least 4 members (excludes halogenated alkanes) is 4. The van der Waals surface area contributed by atoms with Gasteiger partial charge in [-0.3, -0.25) is 4.79 Å². The van der Waals surface area contributed by atoms with Crippen LogP contribution in [0.2, 0.25) is 0 Å². The molecule has 14 heavy (non-hydrogen) atoms. The van der Waals surface area contributed by atoms with Gasteiger partial charge in [-0.15, -0.1) is 0 Å². The van der Waals surface area contributed by atoms with E-state index in [9.17, 15) is 4.79 Å². The number of hydrogen-bond acceptors (Lipinski definition) is 2. The van der Waals surface area contributed by atoms with Crippen LogP contribution >= 0.6 is 0 Å². The molecule has 0 amide bonds. The number of aliphatic hydroxyl groups excluding tert-OH is 1. The van der Waals surface area contributed by atoms with Crippen LogP contribution in [0.25, 0.3) is 0 Å². The maximum atomic E-state index is 11.5. The van der Waals surface area contributed by atoms with Crippen LogP contribution in [0.1, 0.15) is 59.3 Å². The topological polar surface area (TPSA) is 37.3 Å². The summed E-state index contributed by atoms with van der Waals surface area (Å²) in [6.07, 6.45) is 5.94. The summed E-state index contributed by atoms with van der Waals surface area (Å²) in [5, 5.41) is 8.56. The molecule has 0 unspecified atom stereocenters. The first kappa shape index (κ1) is 13.6. The van der Waals surface area contributed by atoms with E-state index in [2.05, 4.69) is 0 Å². The van der Waals surface area contributed by atoms with Crippen LogP contribution in [0.3, 0.4) is 0 Å². The molecule has 0 saturated heterocycles. The summed E-state index contributed by atoms with van der Waals surface area (Å²) < 4.78 is 0. The van der Waals surface area contributed by atoms with E-state index in [-0.39, 0.29) is 5.41 Å². The summed E-state index contributed by atoms with van der Waals surface area (Å²) in [6, 6.07) is 0. The largest absolute Gasteiger partial charge is 0.396 e. The van der Waals surface area contributed by atoms with Crippen molar-refractivity contribution in [3.05, 3.63) is 0 Å². The molecule has 1 N–H and O–H groups in total. The maximum absolute atomic E-state index is 11.5. The number of Topliss-reactive ketones (excluding diaryl/α,β-unsaturated/α-hetero) is 1. The Bertz CT molecular complexity index is 156. The Balaban J connectivity index is 3.33. The van der Waals surface area contributed by atoms with Crippen molar-refractivity contribution in [2.75, 3.05) is 6.61 Å². The van der Waals surface area contributed by atoms with Gasteiger partial charge in [0.05, 0.1) is 0 Å². The van der Waals surface area contributed by atoms with Crippen molar-refractivity contribution in [3.8, 4) is 0 Å². The van der Waals surface area contributed by atoms with E-state index in [1.165, 1.54) is 0 Å². The van der Waals surface area contributed by atoms with E-state index in [4.69, 9.17) is 5.11 Å². The van der Waals surface area contributed by atoms with Crippen LogP contribution in [-0.4, -0.2) is 17.5 Å². The fraction of sp³-hybridized carbons (Fsp3) is 0.917. The summed E-state index contributed by atoms with van der Waals surface area (Å²) >= 11 is 0. The SMILES string of the molecule is CC(C)(C)C(=O)CCCCCCCO. The Morgan fingerprint density at radius 3 is 2.00 bits per heavy atom. The molecule has 0 saturated carbocycles. The fourth-order valence-corrected chi connectivity index (χ4v) is 1.30. The van der Waals surface area contributed by atoms with Gasteiger partial charge >= 0.3 is 0 Å². The van der Waals surface area contributed by atoms with Crippen LogP contribution in [0, 0.1) is 5.41 Å². The number of hydrogen-bond donors (Lipinski definition) is 1. The summed E-state index contributed by atoms with van der Waals surface area (Å²) in [6.45, 7) is 6.21. The molecule has 0 aromatic heterocycles. The third-order valence-electron chi connectivity index (χ3n) is 2.40. The van der Waals surface area contributed by atoms with Crippen LogP contribution in [-0.2, 0) is 4.79 Å². The lowest BCUT2D eigenvalue weighted by Gasteiger charge is -2.15. The minimum absolute atomic E-state index is 0.175. The normalized spacial score (nSPS) is 11.7. The van der Waals surface area contributed by atoms with Crippen molar-refractivity contribution in [2.45, 2.75) is 59.3 Å². The molecule has 0 heterocycles. The van der Waals surface area contributed by atoms with Crippen LogP contribution in [0.5, 0.6) is 0 Å². The second kappa shape index (κ2) is 6.99. The summed E-state index contributed by atoms with van der Waals surface area (Å²) in [5.74, 6) is 0.361. The molecule has 0 aromatic rings. The number of rotatable bonds is 7.